The summed E-state index contributed by atoms with van der Waals surface area (Å²) in [5.41, 5.74) is 0. The highest BCUT2D eigenvalue weighted by molar-refractivity contribution is 9.10. The summed E-state index contributed by atoms with van der Waals surface area (Å²) in [4.78, 5) is 4.66. The fraction of sp³-hybridized carbons (Fsp3) is 0.538. The third-order valence-corrected chi connectivity index (χ3v) is 3.65. The zero-order chi connectivity index (χ0) is 13.0. The molecule has 100 valence electrons. The van der Waals surface area contributed by atoms with Crippen LogP contribution >= 0.6 is 15.9 Å². The minimum atomic E-state index is -0.317. The van der Waals surface area contributed by atoms with Gasteiger partial charge in [-0.1, -0.05) is 15.9 Å². The van der Waals surface area contributed by atoms with Crippen LogP contribution in [-0.4, -0.2) is 56.2 Å². The Morgan fingerprint density at radius 1 is 1.28 bits per heavy atom. The first-order valence-electron chi connectivity index (χ1n) is 6.14. The van der Waals surface area contributed by atoms with Crippen LogP contribution in [0.1, 0.15) is 0 Å². The molecule has 1 aliphatic heterocycles. The normalized spacial score (nSPS) is 17.9. The zero-order valence-corrected chi connectivity index (χ0v) is 12.1. The molecular weight excluding hydrogens is 299 g/mol. The van der Waals surface area contributed by atoms with Gasteiger partial charge in [-0.25, -0.2) is 4.39 Å². The standard InChI is InChI=1S/C13H18BrFN2O/c1-16-4-6-17(7-5-16)8-9-18-13-3-2-11(14)10-12(13)15/h2-3,10H,4-9H2,1H3. The van der Waals surface area contributed by atoms with Crippen LogP contribution < -0.4 is 4.74 Å². The molecule has 1 aromatic carbocycles. The molecule has 0 saturated carbocycles. The highest BCUT2D eigenvalue weighted by Gasteiger charge is 2.13. The topological polar surface area (TPSA) is 15.7 Å². The number of benzene rings is 1. The Bertz CT molecular complexity index is 395. The number of hydrogen-bond acceptors (Lipinski definition) is 3. The monoisotopic (exact) mass is 316 g/mol. The van der Waals surface area contributed by atoms with Crippen molar-refractivity contribution in [1.29, 1.82) is 0 Å². The van der Waals surface area contributed by atoms with Crippen molar-refractivity contribution in [3.63, 3.8) is 0 Å². The van der Waals surface area contributed by atoms with E-state index >= 15 is 0 Å². The molecule has 0 unspecified atom stereocenters. The van der Waals surface area contributed by atoms with E-state index in [4.69, 9.17) is 4.74 Å². The molecule has 1 saturated heterocycles. The van der Waals surface area contributed by atoms with Gasteiger partial charge in [0.15, 0.2) is 11.6 Å². The Hall–Kier alpha value is -0.650. The van der Waals surface area contributed by atoms with Gasteiger partial charge in [-0.05, 0) is 25.2 Å². The number of rotatable bonds is 4. The molecule has 18 heavy (non-hydrogen) atoms. The van der Waals surface area contributed by atoms with Crippen molar-refractivity contribution >= 4 is 15.9 Å². The zero-order valence-electron chi connectivity index (χ0n) is 10.5. The Kier molecular flexibility index (Phi) is 4.97. The molecule has 1 fully saturated rings. The summed E-state index contributed by atoms with van der Waals surface area (Å²) in [6.45, 7) is 5.68. The molecule has 0 radical (unpaired) electrons. The molecular formula is C13H18BrFN2O. The van der Waals surface area contributed by atoms with Gasteiger partial charge in [0.25, 0.3) is 0 Å². The largest absolute Gasteiger partial charge is 0.489 e. The number of nitrogens with zero attached hydrogens (tertiary/aromatic N) is 2. The highest BCUT2D eigenvalue weighted by Crippen LogP contribution is 2.21. The summed E-state index contributed by atoms with van der Waals surface area (Å²) in [6, 6.07) is 4.86. The van der Waals surface area contributed by atoms with Gasteiger partial charge in [0.2, 0.25) is 0 Å². The number of likely N-dealkylation sites (N-methyl/N-ethyl adjacent to an activating group) is 1. The molecule has 1 heterocycles. The maximum atomic E-state index is 13.5. The summed E-state index contributed by atoms with van der Waals surface area (Å²) >= 11 is 3.22. The molecule has 5 heteroatoms. The van der Waals surface area contributed by atoms with Crippen LogP contribution in [0.2, 0.25) is 0 Å². The number of ether oxygens (including phenoxy) is 1. The average Bonchev–Trinajstić information content (AvgIpc) is 2.34. The lowest BCUT2D eigenvalue weighted by atomic mass is 10.3. The van der Waals surface area contributed by atoms with Gasteiger partial charge in [0.05, 0.1) is 0 Å². The Balaban J connectivity index is 1.75. The SMILES string of the molecule is CN1CCN(CCOc2ccc(Br)cc2F)CC1. The number of piperazine rings is 1. The quantitative estimate of drug-likeness (QED) is 0.847. The highest BCUT2D eigenvalue weighted by atomic mass is 79.9. The minimum Gasteiger partial charge on any atom is -0.489 e. The first kappa shape index (κ1) is 13.8. The van der Waals surface area contributed by atoms with Crippen LogP contribution in [0, 0.1) is 5.82 Å². The summed E-state index contributed by atoms with van der Waals surface area (Å²) in [5, 5.41) is 0. The Morgan fingerprint density at radius 2 is 2.00 bits per heavy atom. The first-order valence-corrected chi connectivity index (χ1v) is 6.93. The summed E-state index contributed by atoms with van der Waals surface area (Å²) in [7, 11) is 2.13. The van der Waals surface area contributed by atoms with E-state index in [1.54, 1.807) is 12.1 Å². The molecule has 0 N–H and O–H groups in total. The van der Waals surface area contributed by atoms with Crippen LogP contribution in [0.4, 0.5) is 4.39 Å². The van der Waals surface area contributed by atoms with Gasteiger partial charge in [0, 0.05) is 37.2 Å². The van der Waals surface area contributed by atoms with Crippen molar-refractivity contribution in [2.24, 2.45) is 0 Å². The van der Waals surface area contributed by atoms with E-state index in [0.29, 0.717) is 12.4 Å². The molecule has 1 aliphatic rings. The molecule has 0 spiro atoms. The first-order chi connectivity index (χ1) is 8.65. The maximum absolute atomic E-state index is 13.5. The molecule has 0 bridgehead atoms. The van der Waals surface area contributed by atoms with Crippen molar-refractivity contribution in [1.82, 2.24) is 9.80 Å². The lowest BCUT2D eigenvalue weighted by Crippen LogP contribution is -2.45. The van der Waals surface area contributed by atoms with Crippen LogP contribution in [0.25, 0.3) is 0 Å². The van der Waals surface area contributed by atoms with E-state index in [1.165, 1.54) is 6.07 Å². The van der Waals surface area contributed by atoms with Crippen molar-refractivity contribution in [3.8, 4) is 5.75 Å². The van der Waals surface area contributed by atoms with Gasteiger partial charge in [-0.2, -0.15) is 0 Å². The fourth-order valence-corrected chi connectivity index (χ4v) is 2.28. The van der Waals surface area contributed by atoms with Gasteiger partial charge in [0.1, 0.15) is 6.61 Å². The third-order valence-electron chi connectivity index (χ3n) is 3.15. The van der Waals surface area contributed by atoms with Gasteiger partial charge in [-0.15, -0.1) is 0 Å². The van der Waals surface area contributed by atoms with E-state index < -0.39 is 0 Å². The molecule has 0 aromatic heterocycles. The predicted octanol–water partition coefficient (Wildman–Crippen LogP) is 2.21. The van der Waals surface area contributed by atoms with Crippen molar-refractivity contribution in [2.45, 2.75) is 0 Å². The Labute approximate surface area is 116 Å². The lowest BCUT2D eigenvalue weighted by Gasteiger charge is -2.32. The number of halogens is 2. The van der Waals surface area contributed by atoms with Gasteiger partial charge in [-0.3, -0.25) is 4.90 Å². The second-order valence-corrected chi connectivity index (χ2v) is 5.48. The lowest BCUT2D eigenvalue weighted by molar-refractivity contribution is 0.132. The maximum Gasteiger partial charge on any atom is 0.166 e. The molecule has 0 atom stereocenters. The second kappa shape index (κ2) is 6.50. The molecule has 3 nitrogen and oxygen atoms in total. The van der Waals surface area contributed by atoms with Crippen molar-refractivity contribution in [2.75, 3.05) is 46.4 Å². The molecule has 2 rings (SSSR count). The van der Waals surface area contributed by atoms with E-state index in [1.807, 2.05) is 0 Å². The van der Waals surface area contributed by atoms with E-state index in [2.05, 4.69) is 32.8 Å². The van der Waals surface area contributed by atoms with E-state index in [0.717, 1.165) is 37.2 Å². The van der Waals surface area contributed by atoms with Gasteiger partial charge < -0.3 is 9.64 Å². The predicted molar refractivity (Wildman–Crippen MR) is 73.5 cm³/mol. The van der Waals surface area contributed by atoms with Crippen molar-refractivity contribution < 1.29 is 9.13 Å². The van der Waals surface area contributed by atoms with Crippen LogP contribution in [0.15, 0.2) is 22.7 Å². The molecule has 0 amide bonds. The third kappa shape index (κ3) is 3.93. The Morgan fingerprint density at radius 3 is 2.67 bits per heavy atom. The average molecular weight is 317 g/mol. The molecule has 1 aromatic rings. The number of hydrogen-bond donors (Lipinski definition) is 0. The fourth-order valence-electron chi connectivity index (χ4n) is 1.95. The van der Waals surface area contributed by atoms with E-state index in [-0.39, 0.29) is 5.82 Å². The van der Waals surface area contributed by atoms with Crippen LogP contribution in [0.3, 0.4) is 0 Å². The van der Waals surface area contributed by atoms with E-state index in [9.17, 15) is 4.39 Å². The molecule has 0 aliphatic carbocycles. The summed E-state index contributed by atoms with van der Waals surface area (Å²) in [6.07, 6.45) is 0. The van der Waals surface area contributed by atoms with Crippen molar-refractivity contribution in [3.05, 3.63) is 28.5 Å². The van der Waals surface area contributed by atoms with Crippen LogP contribution in [0.5, 0.6) is 5.75 Å². The second-order valence-electron chi connectivity index (χ2n) is 4.57. The summed E-state index contributed by atoms with van der Waals surface area (Å²) < 4.78 is 19.7. The smallest absolute Gasteiger partial charge is 0.166 e. The van der Waals surface area contributed by atoms with Gasteiger partial charge >= 0.3 is 0 Å². The summed E-state index contributed by atoms with van der Waals surface area (Å²) in [5.74, 6) is 0.00933. The van der Waals surface area contributed by atoms with Crippen LogP contribution in [-0.2, 0) is 0 Å². The minimum absolute atomic E-state index is 0.317.